The van der Waals surface area contributed by atoms with Gasteiger partial charge in [-0.3, -0.25) is 0 Å². The van der Waals surface area contributed by atoms with E-state index in [1.165, 1.54) is 11.1 Å². The van der Waals surface area contributed by atoms with Crippen LogP contribution in [0, 0.1) is 0 Å². The van der Waals surface area contributed by atoms with Crippen LogP contribution in [-0.4, -0.2) is 37.7 Å². The molecular weight excluding hydrogens is 160 g/mol. The summed E-state index contributed by atoms with van der Waals surface area (Å²) >= 11 is 0. The zero-order chi connectivity index (χ0) is 6.81. The first-order valence-corrected chi connectivity index (χ1v) is 3.68. The smallest absolute Gasteiger partial charge is 1.00 e. The summed E-state index contributed by atoms with van der Waals surface area (Å²) in [6, 6.07) is 0. The predicted molar refractivity (Wildman–Crippen MR) is 51.7 cm³/mol. The minimum atomic E-state index is 0. The molecule has 0 saturated carbocycles. The van der Waals surface area contributed by atoms with Crippen LogP contribution in [0.15, 0.2) is 47.6 Å². The van der Waals surface area contributed by atoms with Crippen LogP contribution in [0.2, 0.25) is 0 Å². The first kappa shape index (κ1) is 9.31. The summed E-state index contributed by atoms with van der Waals surface area (Å²) < 4.78 is 0. The third kappa shape index (κ3) is 2.08. The molecule has 0 fully saturated rings. The van der Waals surface area contributed by atoms with E-state index in [9.17, 15) is 0 Å². The summed E-state index contributed by atoms with van der Waals surface area (Å²) in [5.41, 5.74) is 2.98. The van der Waals surface area contributed by atoms with Gasteiger partial charge in [0.2, 0.25) is 0 Å². The Balaban J connectivity index is 0. The first-order valence-electron chi connectivity index (χ1n) is 3.68. The SMILES string of the molecule is C1=CCC(C2=CC=CC2)=C1.[Ca+2].[H-].[H-]. The molecule has 0 aromatic carbocycles. The van der Waals surface area contributed by atoms with E-state index in [1.807, 2.05) is 0 Å². The molecule has 0 bridgehead atoms. The van der Waals surface area contributed by atoms with Crippen molar-refractivity contribution in [2.24, 2.45) is 0 Å². The molecular formula is C10H12Ca. The van der Waals surface area contributed by atoms with E-state index in [1.54, 1.807) is 0 Å². The van der Waals surface area contributed by atoms with Crippen LogP contribution in [-0.2, 0) is 0 Å². The van der Waals surface area contributed by atoms with Crippen molar-refractivity contribution in [3.8, 4) is 0 Å². The van der Waals surface area contributed by atoms with Crippen LogP contribution < -0.4 is 0 Å². The number of allylic oxidation sites excluding steroid dienone is 8. The molecule has 0 N–H and O–H groups in total. The van der Waals surface area contributed by atoms with Gasteiger partial charge in [0.1, 0.15) is 0 Å². The molecule has 2 aliphatic carbocycles. The van der Waals surface area contributed by atoms with E-state index in [0.717, 1.165) is 12.8 Å². The third-order valence-electron chi connectivity index (χ3n) is 1.95. The fourth-order valence-electron chi connectivity index (χ4n) is 1.37. The van der Waals surface area contributed by atoms with Crippen molar-refractivity contribution in [3.63, 3.8) is 0 Å². The molecule has 0 nitrogen and oxygen atoms in total. The molecule has 0 amide bonds. The van der Waals surface area contributed by atoms with Gasteiger partial charge in [0, 0.05) is 0 Å². The summed E-state index contributed by atoms with van der Waals surface area (Å²) in [6.07, 6.45) is 15.4. The van der Waals surface area contributed by atoms with E-state index >= 15 is 0 Å². The van der Waals surface area contributed by atoms with E-state index in [4.69, 9.17) is 0 Å². The summed E-state index contributed by atoms with van der Waals surface area (Å²) in [6.45, 7) is 0. The van der Waals surface area contributed by atoms with E-state index in [-0.39, 0.29) is 40.6 Å². The van der Waals surface area contributed by atoms with E-state index in [0.29, 0.717) is 0 Å². The molecule has 0 aromatic heterocycles. The molecule has 1 heteroatoms. The molecule has 0 heterocycles. The van der Waals surface area contributed by atoms with Gasteiger partial charge in [-0.25, -0.2) is 0 Å². The average molecular weight is 172 g/mol. The van der Waals surface area contributed by atoms with Crippen LogP contribution in [0.5, 0.6) is 0 Å². The second kappa shape index (κ2) is 4.30. The number of hydrogen-bond donors (Lipinski definition) is 0. The van der Waals surface area contributed by atoms with Gasteiger partial charge in [0.15, 0.2) is 0 Å². The zero-order valence-corrected chi connectivity index (χ0v) is 8.79. The third-order valence-corrected chi connectivity index (χ3v) is 1.95. The van der Waals surface area contributed by atoms with Gasteiger partial charge < -0.3 is 2.85 Å². The van der Waals surface area contributed by atoms with Gasteiger partial charge in [-0.05, 0) is 24.0 Å². The molecule has 54 valence electrons. The monoisotopic (exact) mass is 172 g/mol. The minimum Gasteiger partial charge on any atom is -1.00 e. The molecule has 2 aliphatic rings. The standard InChI is InChI=1S/C10H10.Ca.2H/c1-2-6-9(5-1)10-7-3-4-8-10;;;/h1-5,7H,6,8H2;;;/q;+2;2*-1. The Bertz CT molecular complexity index is 234. The Morgan fingerprint density at radius 2 is 1.36 bits per heavy atom. The van der Waals surface area contributed by atoms with E-state index in [2.05, 4.69) is 36.5 Å². The fraction of sp³-hybridized carbons (Fsp3) is 0.200. The van der Waals surface area contributed by atoms with Crippen molar-refractivity contribution >= 4 is 37.7 Å². The maximum absolute atomic E-state index is 2.21. The van der Waals surface area contributed by atoms with Crippen LogP contribution >= 0.6 is 0 Å². The average Bonchev–Trinajstić information content (AvgIpc) is 2.59. The minimum absolute atomic E-state index is 0. The zero-order valence-electron chi connectivity index (χ0n) is 8.59. The second-order valence-electron chi connectivity index (χ2n) is 2.65. The maximum Gasteiger partial charge on any atom is 2.00 e. The van der Waals surface area contributed by atoms with Gasteiger partial charge in [-0.1, -0.05) is 36.5 Å². The molecule has 0 unspecified atom stereocenters. The second-order valence-corrected chi connectivity index (χ2v) is 2.65. The molecule has 0 aromatic rings. The molecule has 0 saturated heterocycles. The van der Waals surface area contributed by atoms with Crippen LogP contribution in [0.25, 0.3) is 0 Å². The molecule has 0 atom stereocenters. The van der Waals surface area contributed by atoms with Gasteiger partial charge in [0.05, 0.1) is 0 Å². The van der Waals surface area contributed by atoms with Gasteiger partial charge >= 0.3 is 37.7 Å². The molecule has 0 aliphatic heterocycles. The van der Waals surface area contributed by atoms with Crippen LogP contribution in [0.3, 0.4) is 0 Å². The summed E-state index contributed by atoms with van der Waals surface area (Å²) in [7, 11) is 0. The Kier molecular flexibility index (Phi) is 3.64. The Labute approximate surface area is 100 Å². The quantitative estimate of drug-likeness (QED) is 0.533. The normalized spacial score (nSPS) is 19.6. The van der Waals surface area contributed by atoms with E-state index < -0.39 is 0 Å². The van der Waals surface area contributed by atoms with Gasteiger partial charge in [0.25, 0.3) is 0 Å². The van der Waals surface area contributed by atoms with Crippen molar-refractivity contribution in [2.75, 3.05) is 0 Å². The fourth-order valence-corrected chi connectivity index (χ4v) is 1.37. The number of rotatable bonds is 1. The largest absolute Gasteiger partial charge is 2.00 e. The Morgan fingerprint density at radius 1 is 0.909 bits per heavy atom. The topological polar surface area (TPSA) is 0 Å². The van der Waals surface area contributed by atoms with Crippen molar-refractivity contribution in [3.05, 3.63) is 47.6 Å². The van der Waals surface area contributed by atoms with Crippen LogP contribution in [0.1, 0.15) is 15.7 Å². The summed E-state index contributed by atoms with van der Waals surface area (Å²) in [5.74, 6) is 0. The first-order chi connectivity index (χ1) is 4.97. The van der Waals surface area contributed by atoms with Crippen molar-refractivity contribution in [1.29, 1.82) is 0 Å². The van der Waals surface area contributed by atoms with Gasteiger partial charge in [-0.15, -0.1) is 0 Å². The van der Waals surface area contributed by atoms with Crippen molar-refractivity contribution in [1.82, 2.24) is 0 Å². The van der Waals surface area contributed by atoms with Crippen molar-refractivity contribution in [2.45, 2.75) is 12.8 Å². The number of hydrogen-bond acceptors (Lipinski definition) is 0. The summed E-state index contributed by atoms with van der Waals surface area (Å²) in [4.78, 5) is 0. The van der Waals surface area contributed by atoms with Gasteiger partial charge in [-0.2, -0.15) is 0 Å². The molecule has 0 spiro atoms. The molecule has 2 rings (SSSR count). The Hall–Kier alpha value is 0.220. The molecule has 0 radical (unpaired) electrons. The Morgan fingerprint density at radius 3 is 1.64 bits per heavy atom. The summed E-state index contributed by atoms with van der Waals surface area (Å²) in [5, 5.41) is 0. The van der Waals surface area contributed by atoms with Crippen molar-refractivity contribution < 1.29 is 2.85 Å². The maximum atomic E-state index is 2.21. The predicted octanol–water partition coefficient (Wildman–Crippen LogP) is 2.60. The molecule has 11 heavy (non-hydrogen) atoms. The van der Waals surface area contributed by atoms with Crippen LogP contribution in [0.4, 0.5) is 0 Å².